The lowest BCUT2D eigenvalue weighted by Crippen LogP contribution is -1.95. The zero-order valence-corrected chi connectivity index (χ0v) is 57.5. The molecule has 0 aliphatic heterocycles. The summed E-state index contributed by atoms with van der Waals surface area (Å²) in [6.07, 6.45) is 0. The van der Waals surface area contributed by atoms with Crippen LogP contribution >= 0.6 is 0 Å². The minimum atomic E-state index is 1.14. The van der Waals surface area contributed by atoms with E-state index in [1.54, 1.807) is 0 Å². The van der Waals surface area contributed by atoms with Gasteiger partial charge in [0.1, 0.15) is 0 Å². The molecule has 486 valence electrons. The van der Waals surface area contributed by atoms with Crippen LogP contribution in [0.4, 0.5) is 0 Å². The smallest absolute Gasteiger partial charge is 0.0619 e. The molecular formula is C104H60N2. The molecule has 0 N–H and O–H groups in total. The molecule has 2 aromatic heterocycles. The van der Waals surface area contributed by atoms with Gasteiger partial charge in [0.25, 0.3) is 0 Å². The number of fused-ring (bicyclic) bond motifs is 22. The molecule has 2 heterocycles. The van der Waals surface area contributed by atoms with Crippen LogP contribution in [-0.4, -0.2) is 9.13 Å². The maximum absolute atomic E-state index is 2.50. The molecule has 0 fully saturated rings. The van der Waals surface area contributed by atoms with Gasteiger partial charge in [0.2, 0.25) is 0 Å². The minimum Gasteiger partial charge on any atom is -0.309 e. The molecular weight excluding hydrogens is 1280 g/mol. The van der Waals surface area contributed by atoms with Crippen molar-refractivity contribution in [3.05, 3.63) is 364 Å². The zero-order chi connectivity index (χ0) is 69.0. The lowest BCUT2D eigenvalue weighted by atomic mass is 9.92. The molecule has 0 amide bonds. The van der Waals surface area contributed by atoms with Gasteiger partial charge in [0.05, 0.1) is 22.1 Å². The molecule has 0 atom stereocenters. The monoisotopic (exact) mass is 1340 g/mol. The van der Waals surface area contributed by atoms with E-state index < -0.39 is 0 Å². The Bertz CT molecular complexity index is 7690. The zero-order valence-electron chi connectivity index (χ0n) is 57.5. The molecule has 20 aromatic carbocycles. The van der Waals surface area contributed by atoms with Crippen LogP contribution in [0.15, 0.2) is 364 Å². The molecule has 106 heavy (non-hydrogen) atoms. The van der Waals surface area contributed by atoms with Crippen LogP contribution in [0.5, 0.6) is 0 Å². The summed E-state index contributed by atoms with van der Waals surface area (Å²) in [6, 6.07) is 137. The van der Waals surface area contributed by atoms with Gasteiger partial charge < -0.3 is 9.13 Å². The summed E-state index contributed by atoms with van der Waals surface area (Å²) in [6.45, 7) is 0. The SMILES string of the molecule is c1ccc(-n2c3c4ccccc4ccc3c3ccc4c(-c5ccc6cc(-c7cc8c9c(cccc9c7)-c7cc(-c9cccc(-n%10c%11ccc%12ccccc%12c%11c%11c%12ccc(-c%13ccc%14cc(-c%15cc%16c%17c(cccc%17c%15)-c%15ccccc%15-%16)ccc%14c%13)cc%12ccc%11%10)c9)ccc7-8)ccc6c5)cccc4c32)cc1. The van der Waals surface area contributed by atoms with Crippen molar-refractivity contribution >= 4 is 130 Å². The van der Waals surface area contributed by atoms with E-state index in [9.17, 15) is 0 Å². The van der Waals surface area contributed by atoms with Crippen molar-refractivity contribution in [2.75, 3.05) is 0 Å². The Hall–Kier alpha value is -13.9. The predicted octanol–water partition coefficient (Wildman–Crippen LogP) is 28.7. The largest absolute Gasteiger partial charge is 0.309 e. The quantitative estimate of drug-likeness (QED) is 0.151. The van der Waals surface area contributed by atoms with Crippen molar-refractivity contribution in [2.45, 2.75) is 0 Å². The Labute approximate surface area is 610 Å². The Balaban J connectivity index is 0.554. The molecule has 0 saturated carbocycles. The molecule has 2 aliphatic carbocycles. The van der Waals surface area contributed by atoms with Gasteiger partial charge in [-0.2, -0.15) is 0 Å². The average molecular weight is 1340 g/mol. The number of hydrogen-bond donors (Lipinski definition) is 0. The van der Waals surface area contributed by atoms with Crippen molar-refractivity contribution in [1.29, 1.82) is 0 Å². The average Bonchev–Trinajstić information content (AvgIpc) is 1.67. The Morgan fingerprint density at radius 3 is 1.22 bits per heavy atom. The van der Waals surface area contributed by atoms with E-state index in [0.29, 0.717) is 0 Å². The minimum absolute atomic E-state index is 1.14. The number of para-hydroxylation sites is 1. The second kappa shape index (κ2) is 21.8. The fourth-order valence-corrected chi connectivity index (χ4v) is 19.0. The first-order chi connectivity index (χ1) is 52.5. The lowest BCUT2D eigenvalue weighted by Gasteiger charge is -2.13. The van der Waals surface area contributed by atoms with Crippen molar-refractivity contribution < 1.29 is 0 Å². The third kappa shape index (κ3) is 8.32. The van der Waals surface area contributed by atoms with Gasteiger partial charge in [0, 0.05) is 43.7 Å². The summed E-state index contributed by atoms with van der Waals surface area (Å²) >= 11 is 0. The molecule has 2 nitrogen and oxygen atoms in total. The first-order valence-corrected chi connectivity index (χ1v) is 36.9. The van der Waals surface area contributed by atoms with Gasteiger partial charge in [-0.25, -0.2) is 0 Å². The highest BCUT2D eigenvalue weighted by Gasteiger charge is 2.27. The molecule has 2 heteroatoms. The molecule has 2 aliphatic rings. The highest BCUT2D eigenvalue weighted by Crippen LogP contribution is 2.53. The first kappa shape index (κ1) is 57.7. The van der Waals surface area contributed by atoms with Crippen LogP contribution in [0.3, 0.4) is 0 Å². The van der Waals surface area contributed by atoms with Crippen LogP contribution in [0, 0.1) is 0 Å². The molecule has 0 bridgehead atoms. The Morgan fingerprint density at radius 1 is 0.142 bits per heavy atom. The number of aromatic nitrogens is 2. The third-order valence-electron chi connectivity index (χ3n) is 23.8. The van der Waals surface area contributed by atoms with Gasteiger partial charge in [-0.1, -0.05) is 267 Å². The fraction of sp³-hybridized carbons (Fsp3) is 0. The van der Waals surface area contributed by atoms with Crippen LogP contribution in [0.2, 0.25) is 0 Å². The summed E-state index contributed by atoms with van der Waals surface area (Å²) in [7, 11) is 0. The second-order valence-electron chi connectivity index (χ2n) is 29.4. The van der Waals surface area contributed by atoms with Gasteiger partial charge in [-0.05, 0) is 273 Å². The highest BCUT2D eigenvalue weighted by molar-refractivity contribution is 6.30. The summed E-state index contributed by atoms with van der Waals surface area (Å²) in [5.74, 6) is 0. The van der Waals surface area contributed by atoms with Gasteiger partial charge in [-0.3, -0.25) is 0 Å². The normalized spacial score (nSPS) is 12.3. The number of benzene rings is 20. The van der Waals surface area contributed by atoms with Crippen molar-refractivity contribution in [3.63, 3.8) is 0 Å². The third-order valence-corrected chi connectivity index (χ3v) is 23.8. The summed E-state index contributed by atoms with van der Waals surface area (Å²) in [5.41, 5.74) is 29.8. The summed E-state index contributed by atoms with van der Waals surface area (Å²) < 4.78 is 5.00. The highest BCUT2D eigenvalue weighted by atomic mass is 15.0. The van der Waals surface area contributed by atoms with Crippen LogP contribution < -0.4 is 0 Å². The number of hydrogen-bond acceptors (Lipinski definition) is 0. The van der Waals surface area contributed by atoms with Gasteiger partial charge in [0.15, 0.2) is 0 Å². The number of rotatable bonds is 7. The second-order valence-corrected chi connectivity index (χ2v) is 29.4. The molecule has 0 spiro atoms. The summed E-state index contributed by atoms with van der Waals surface area (Å²) in [5, 5.41) is 25.2. The Morgan fingerprint density at radius 2 is 0.519 bits per heavy atom. The Kier molecular flexibility index (Phi) is 11.9. The van der Waals surface area contributed by atoms with Gasteiger partial charge >= 0.3 is 0 Å². The van der Waals surface area contributed by atoms with E-state index in [-0.39, 0.29) is 0 Å². The van der Waals surface area contributed by atoms with E-state index in [2.05, 4.69) is 373 Å². The lowest BCUT2D eigenvalue weighted by molar-refractivity contribution is 1.18. The van der Waals surface area contributed by atoms with Crippen LogP contribution in [0.1, 0.15) is 0 Å². The van der Waals surface area contributed by atoms with Gasteiger partial charge in [-0.15, -0.1) is 0 Å². The maximum Gasteiger partial charge on any atom is 0.0619 e. The standard InChI is InChI=1S/C104H60N2/c1-2-19-79(20-3-1)106-103-84-23-7-5-15-62(84)38-45-92(103)93-47-46-87-81(26-13-29-91(87)104(93)106)73-37-36-67-52-71(35-33-68(67)53-73)78-56-76-18-12-28-90-94-58-72(40-44-88(94)96(60-78)100(76)90)63-16-10-21-80(57-63)105-97-48-41-61-14-4-6-22-82(61)101(97)102-83-43-39-69(54-74(83)42-49-98(102)105)65-30-31-66-51-70(34-32-64(66)50-65)77-55-75-17-11-27-89-85-24-8-9-25-86(85)95(59-77)99(75)89/h1-60H. The molecule has 22 aromatic rings. The van der Waals surface area contributed by atoms with Crippen molar-refractivity contribution in [2.24, 2.45) is 0 Å². The molecule has 0 saturated heterocycles. The fourth-order valence-electron chi connectivity index (χ4n) is 19.0. The van der Waals surface area contributed by atoms with Crippen LogP contribution in [-0.2, 0) is 0 Å². The number of nitrogens with zero attached hydrogens (tertiary/aromatic N) is 2. The first-order valence-electron chi connectivity index (χ1n) is 36.9. The van der Waals surface area contributed by atoms with E-state index >= 15 is 0 Å². The molecule has 24 rings (SSSR count). The van der Waals surface area contributed by atoms with E-state index in [1.165, 1.54) is 230 Å². The molecule has 0 unspecified atom stereocenters. The topological polar surface area (TPSA) is 9.86 Å². The van der Waals surface area contributed by atoms with Crippen LogP contribution in [0.25, 0.3) is 241 Å². The predicted molar refractivity (Wildman–Crippen MR) is 451 cm³/mol. The van der Waals surface area contributed by atoms with E-state index in [1.807, 2.05) is 0 Å². The summed E-state index contributed by atoms with van der Waals surface area (Å²) in [4.78, 5) is 0. The molecule has 0 radical (unpaired) electrons. The maximum atomic E-state index is 2.50. The van der Waals surface area contributed by atoms with Crippen molar-refractivity contribution in [1.82, 2.24) is 9.13 Å². The van der Waals surface area contributed by atoms with Crippen molar-refractivity contribution in [3.8, 4) is 112 Å². The van der Waals surface area contributed by atoms with E-state index in [0.717, 1.165) is 11.4 Å². The van der Waals surface area contributed by atoms with E-state index in [4.69, 9.17) is 0 Å².